The minimum atomic E-state index is -0.0596. The Morgan fingerprint density at radius 3 is 2.54 bits per heavy atom. The van der Waals surface area contributed by atoms with Crippen LogP contribution in [0.5, 0.6) is 11.5 Å². The molecule has 0 saturated heterocycles. The van der Waals surface area contributed by atoms with Gasteiger partial charge in [0.15, 0.2) is 0 Å². The largest absolute Gasteiger partial charge is 0.508 e. The summed E-state index contributed by atoms with van der Waals surface area (Å²) in [4.78, 5) is 8.72. The molecule has 6 nitrogen and oxygen atoms in total. The van der Waals surface area contributed by atoms with Gasteiger partial charge >= 0.3 is 0 Å². The Bertz CT molecular complexity index is 879. The number of nitrogens with zero attached hydrogens (tertiary/aromatic N) is 3. The van der Waals surface area contributed by atoms with Crippen LogP contribution in [0.15, 0.2) is 59.7 Å². The average Bonchev–Trinajstić information content (AvgIpc) is 2.57. The maximum absolute atomic E-state index is 9.72. The van der Waals surface area contributed by atoms with Gasteiger partial charge in [0, 0.05) is 22.9 Å². The third kappa shape index (κ3) is 3.67. The molecule has 3 aromatic rings. The lowest BCUT2D eigenvalue weighted by Gasteiger charge is -2.05. The number of phenols is 2. The van der Waals surface area contributed by atoms with Crippen molar-refractivity contribution in [2.75, 3.05) is 5.43 Å². The molecule has 0 fully saturated rings. The standard InChI is InChI=1S/C18H16N4O2/c1-12-9-16(13-5-3-2-4-6-13)21-18(20-12)22-19-11-14-7-8-15(23)10-17(14)24/h2-11,23-24H,1H3,(H,20,21,22)/b19-11-. The zero-order chi connectivity index (χ0) is 16.9. The van der Waals surface area contributed by atoms with E-state index in [1.165, 1.54) is 18.3 Å². The van der Waals surface area contributed by atoms with Crippen LogP contribution in [-0.4, -0.2) is 26.4 Å². The molecule has 0 unspecified atom stereocenters. The molecule has 1 heterocycles. The Kier molecular flexibility index (Phi) is 4.38. The van der Waals surface area contributed by atoms with Gasteiger partial charge in [0.05, 0.1) is 11.9 Å². The molecule has 120 valence electrons. The molecule has 0 aliphatic rings. The van der Waals surface area contributed by atoms with Gasteiger partial charge < -0.3 is 10.2 Å². The van der Waals surface area contributed by atoms with Crippen molar-refractivity contribution < 1.29 is 10.2 Å². The van der Waals surface area contributed by atoms with Crippen LogP contribution in [0.3, 0.4) is 0 Å². The quantitative estimate of drug-likeness (QED) is 0.507. The maximum atomic E-state index is 9.72. The van der Waals surface area contributed by atoms with Gasteiger partial charge in [-0.25, -0.2) is 15.4 Å². The van der Waals surface area contributed by atoms with Gasteiger partial charge in [0.25, 0.3) is 0 Å². The zero-order valence-corrected chi connectivity index (χ0v) is 13.0. The number of benzene rings is 2. The van der Waals surface area contributed by atoms with Gasteiger partial charge in [0.1, 0.15) is 11.5 Å². The first kappa shape index (κ1) is 15.5. The summed E-state index contributed by atoms with van der Waals surface area (Å²) in [5.41, 5.74) is 5.83. The number of hydrazone groups is 1. The van der Waals surface area contributed by atoms with E-state index in [2.05, 4.69) is 20.5 Å². The molecule has 3 rings (SSSR count). The van der Waals surface area contributed by atoms with E-state index in [1.54, 1.807) is 6.07 Å². The second-order valence-corrected chi connectivity index (χ2v) is 5.20. The van der Waals surface area contributed by atoms with Crippen LogP contribution in [0.25, 0.3) is 11.3 Å². The van der Waals surface area contributed by atoms with Gasteiger partial charge in [0.2, 0.25) is 5.95 Å². The van der Waals surface area contributed by atoms with Crippen molar-refractivity contribution in [1.29, 1.82) is 0 Å². The van der Waals surface area contributed by atoms with Crippen LogP contribution in [0, 0.1) is 6.92 Å². The topological polar surface area (TPSA) is 90.6 Å². The van der Waals surface area contributed by atoms with Crippen molar-refractivity contribution in [3.05, 3.63) is 65.9 Å². The summed E-state index contributed by atoms with van der Waals surface area (Å²) in [5.74, 6) is 0.297. The molecule has 24 heavy (non-hydrogen) atoms. The number of nitrogens with one attached hydrogen (secondary N) is 1. The maximum Gasteiger partial charge on any atom is 0.244 e. The fourth-order valence-corrected chi connectivity index (χ4v) is 2.18. The van der Waals surface area contributed by atoms with Crippen LogP contribution in [0.2, 0.25) is 0 Å². The molecular weight excluding hydrogens is 304 g/mol. The van der Waals surface area contributed by atoms with Gasteiger partial charge in [-0.2, -0.15) is 5.10 Å². The molecule has 0 bridgehead atoms. The minimum absolute atomic E-state index is 0.00729. The minimum Gasteiger partial charge on any atom is -0.508 e. The van der Waals surface area contributed by atoms with E-state index in [4.69, 9.17) is 0 Å². The number of aromatic hydroxyl groups is 2. The Morgan fingerprint density at radius 2 is 1.79 bits per heavy atom. The first-order valence-electron chi connectivity index (χ1n) is 7.34. The van der Waals surface area contributed by atoms with Crippen molar-refractivity contribution in [2.24, 2.45) is 5.10 Å². The zero-order valence-electron chi connectivity index (χ0n) is 13.0. The van der Waals surface area contributed by atoms with Gasteiger partial charge in [-0.1, -0.05) is 30.3 Å². The highest BCUT2D eigenvalue weighted by molar-refractivity contribution is 5.84. The Labute approximate surface area is 139 Å². The van der Waals surface area contributed by atoms with E-state index in [0.717, 1.165) is 17.0 Å². The van der Waals surface area contributed by atoms with Crippen LogP contribution in [0.4, 0.5) is 5.95 Å². The normalized spacial score (nSPS) is 10.9. The van der Waals surface area contributed by atoms with Crippen LogP contribution < -0.4 is 5.43 Å². The molecule has 2 aromatic carbocycles. The number of hydrogen-bond donors (Lipinski definition) is 3. The third-order valence-corrected chi connectivity index (χ3v) is 3.31. The summed E-state index contributed by atoms with van der Waals surface area (Å²) < 4.78 is 0. The fraction of sp³-hybridized carbons (Fsp3) is 0.0556. The van der Waals surface area contributed by atoms with E-state index in [1.807, 2.05) is 43.3 Å². The van der Waals surface area contributed by atoms with Crippen molar-refractivity contribution in [2.45, 2.75) is 6.92 Å². The Balaban J connectivity index is 1.80. The number of aromatic nitrogens is 2. The molecule has 0 amide bonds. The first-order chi connectivity index (χ1) is 11.6. The lowest BCUT2D eigenvalue weighted by atomic mass is 10.1. The van der Waals surface area contributed by atoms with E-state index in [9.17, 15) is 10.2 Å². The van der Waals surface area contributed by atoms with E-state index >= 15 is 0 Å². The highest BCUT2D eigenvalue weighted by Gasteiger charge is 2.04. The second-order valence-electron chi connectivity index (χ2n) is 5.20. The lowest BCUT2D eigenvalue weighted by Crippen LogP contribution is -2.00. The number of aryl methyl sites for hydroxylation is 1. The number of rotatable bonds is 4. The molecule has 0 aliphatic carbocycles. The summed E-state index contributed by atoms with van der Waals surface area (Å²) >= 11 is 0. The van der Waals surface area contributed by atoms with E-state index in [-0.39, 0.29) is 11.5 Å². The molecule has 0 saturated carbocycles. The van der Waals surface area contributed by atoms with E-state index in [0.29, 0.717) is 11.5 Å². The third-order valence-electron chi connectivity index (χ3n) is 3.31. The van der Waals surface area contributed by atoms with Crippen LogP contribution in [-0.2, 0) is 0 Å². The molecule has 3 N–H and O–H groups in total. The number of phenolic OH excluding ortho intramolecular Hbond substituents is 2. The summed E-state index contributed by atoms with van der Waals surface area (Å²) in [5, 5.41) is 23.0. The SMILES string of the molecule is Cc1cc(-c2ccccc2)nc(N/N=C\c2ccc(O)cc2O)n1. The smallest absolute Gasteiger partial charge is 0.244 e. The molecule has 0 aliphatic heterocycles. The summed E-state index contributed by atoms with van der Waals surface area (Å²) in [6, 6.07) is 16.0. The van der Waals surface area contributed by atoms with Crippen molar-refractivity contribution in [3.8, 4) is 22.8 Å². The fourth-order valence-electron chi connectivity index (χ4n) is 2.18. The van der Waals surface area contributed by atoms with Gasteiger partial charge in [-0.15, -0.1) is 0 Å². The van der Waals surface area contributed by atoms with Crippen molar-refractivity contribution in [1.82, 2.24) is 9.97 Å². The highest BCUT2D eigenvalue weighted by Crippen LogP contribution is 2.21. The monoisotopic (exact) mass is 320 g/mol. The molecular formula is C18H16N4O2. The number of hydrogen-bond acceptors (Lipinski definition) is 6. The summed E-state index contributed by atoms with van der Waals surface area (Å²) in [6.45, 7) is 1.88. The average molecular weight is 320 g/mol. The molecule has 6 heteroatoms. The Hall–Kier alpha value is -3.41. The first-order valence-corrected chi connectivity index (χ1v) is 7.34. The van der Waals surface area contributed by atoms with E-state index < -0.39 is 0 Å². The molecule has 1 aromatic heterocycles. The van der Waals surface area contributed by atoms with Gasteiger partial charge in [-0.05, 0) is 25.1 Å². The van der Waals surface area contributed by atoms with Crippen LogP contribution >= 0.6 is 0 Å². The molecule has 0 radical (unpaired) electrons. The summed E-state index contributed by atoms with van der Waals surface area (Å²) in [6.07, 6.45) is 1.43. The van der Waals surface area contributed by atoms with Crippen molar-refractivity contribution in [3.63, 3.8) is 0 Å². The van der Waals surface area contributed by atoms with Crippen molar-refractivity contribution >= 4 is 12.2 Å². The predicted octanol–water partition coefficient (Wildman–Crippen LogP) is 3.31. The summed E-state index contributed by atoms with van der Waals surface area (Å²) in [7, 11) is 0. The second kappa shape index (κ2) is 6.78. The molecule has 0 atom stereocenters. The highest BCUT2D eigenvalue weighted by atomic mass is 16.3. The number of anilines is 1. The predicted molar refractivity (Wildman–Crippen MR) is 93.2 cm³/mol. The van der Waals surface area contributed by atoms with Crippen LogP contribution in [0.1, 0.15) is 11.3 Å². The lowest BCUT2D eigenvalue weighted by molar-refractivity contribution is 0.450. The van der Waals surface area contributed by atoms with Gasteiger partial charge in [-0.3, -0.25) is 0 Å². The Morgan fingerprint density at radius 1 is 1.00 bits per heavy atom. The molecule has 0 spiro atoms.